The van der Waals surface area contributed by atoms with Crippen molar-refractivity contribution in [3.05, 3.63) is 70.8 Å². The molecule has 0 aromatic heterocycles. The number of aryl methyl sites for hydroxylation is 2. The van der Waals surface area contributed by atoms with Crippen LogP contribution < -0.4 is 0 Å². The van der Waals surface area contributed by atoms with E-state index in [1.165, 1.54) is 27.8 Å². The first kappa shape index (κ1) is 14.8. The highest BCUT2D eigenvalue weighted by Crippen LogP contribution is 2.35. The molecule has 3 rings (SSSR count). The van der Waals surface area contributed by atoms with Crippen molar-refractivity contribution in [1.29, 1.82) is 0 Å². The van der Waals surface area contributed by atoms with Gasteiger partial charge in [0, 0.05) is 12.3 Å². The summed E-state index contributed by atoms with van der Waals surface area (Å²) in [4.78, 5) is 12.3. The number of carbonyl (C=O) groups excluding carboxylic acids is 1. The first-order valence-corrected chi connectivity index (χ1v) is 8.01. The number of hydrogen-bond donors (Lipinski definition) is 0. The van der Waals surface area contributed by atoms with Gasteiger partial charge in [-0.25, -0.2) is 0 Å². The molecule has 1 heteroatoms. The van der Waals surface area contributed by atoms with Gasteiger partial charge < -0.3 is 0 Å². The summed E-state index contributed by atoms with van der Waals surface area (Å²) in [6.07, 6.45) is 4.91. The highest BCUT2D eigenvalue weighted by molar-refractivity contribution is 5.99. The fourth-order valence-corrected chi connectivity index (χ4v) is 3.12. The SMILES string of the molecule is Cc1ccc(/C=C(\c2ccc(C)cc2)C2CCCC2=O)cc1. The third-order valence-electron chi connectivity index (χ3n) is 4.46. The molecule has 1 nitrogen and oxygen atoms in total. The van der Waals surface area contributed by atoms with Gasteiger partial charge in [-0.2, -0.15) is 0 Å². The Balaban J connectivity index is 2.04. The van der Waals surface area contributed by atoms with Crippen LogP contribution in [0, 0.1) is 19.8 Å². The smallest absolute Gasteiger partial charge is 0.140 e. The van der Waals surface area contributed by atoms with Crippen molar-refractivity contribution in [1.82, 2.24) is 0 Å². The molecular weight excluding hydrogens is 268 g/mol. The Bertz CT molecular complexity index is 690. The summed E-state index contributed by atoms with van der Waals surface area (Å²) in [5.41, 5.74) is 6.01. The second-order valence-corrected chi connectivity index (χ2v) is 6.29. The van der Waals surface area contributed by atoms with Crippen LogP contribution in [0.25, 0.3) is 11.6 Å². The van der Waals surface area contributed by atoms with Crippen LogP contribution in [0.5, 0.6) is 0 Å². The number of allylic oxidation sites excluding steroid dienone is 1. The van der Waals surface area contributed by atoms with Crippen molar-refractivity contribution in [3.63, 3.8) is 0 Å². The van der Waals surface area contributed by atoms with E-state index in [9.17, 15) is 4.79 Å². The van der Waals surface area contributed by atoms with Gasteiger partial charge in [0.25, 0.3) is 0 Å². The van der Waals surface area contributed by atoms with Gasteiger partial charge in [0.1, 0.15) is 5.78 Å². The van der Waals surface area contributed by atoms with Gasteiger partial charge in [-0.1, -0.05) is 65.7 Å². The molecular formula is C21H22O. The molecule has 0 N–H and O–H groups in total. The molecule has 1 atom stereocenters. The molecule has 0 saturated heterocycles. The van der Waals surface area contributed by atoms with Gasteiger partial charge in [-0.05, 0) is 43.4 Å². The van der Waals surface area contributed by atoms with E-state index < -0.39 is 0 Å². The molecule has 1 aliphatic rings. The van der Waals surface area contributed by atoms with Crippen molar-refractivity contribution < 1.29 is 4.79 Å². The van der Waals surface area contributed by atoms with Crippen LogP contribution in [0.3, 0.4) is 0 Å². The minimum atomic E-state index is 0.0593. The molecule has 0 heterocycles. The lowest BCUT2D eigenvalue weighted by molar-refractivity contribution is -0.119. The van der Waals surface area contributed by atoms with Gasteiger partial charge in [-0.3, -0.25) is 4.79 Å². The van der Waals surface area contributed by atoms with E-state index >= 15 is 0 Å². The van der Waals surface area contributed by atoms with E-state index in [0.717, 1.165) is 19.3 Å². The van der Waals surface area contributed by atoms with Crippen molar-refractivity contribution in [2.24, 2.45) is 5.92 Å². The van der Waals surface area contributed by atoms with Crippen LogP contribution in [-0.4, -0.2) is 5.78 Å². The van der Waals surface area contributed by atoms with Crippen molar-refractivity contribution in [3.8, 4) is 0 Å². The van der Waals surface area contributed by atoms with Crippen molar-refractivity contribution in [2.45, 2.75) is 33.1 Å². The summed E-state index contributed by atoms with van der Waals surface area (Å²) in [6.45, 7) is 4.18. The molecule has 2 aromatic rings. The first-order valence-electron chi connectivity index (χ1n) is 8.01. The van der Waals surface area contributed by atoms with E-state index in [2.05, 4.69) is 68.5 Å². The normalized spacial score (nSPS) is 18.7. The number of carbonyl (C=O) groups is 1. The average molecular weight is 290 g/mol. The maximum absolute atomic E-state index is 12.3. The molecule has 2 aromatic carbocycles. The number of ketones is 1. The summed E-state index contributed by atoms with van der Waals surface area (Å²) >= 11 is 0. The van der Waals surface area contributed by atoms with Gasteiger partial charge >= 0.3 is 0 Å². The molecule has 0 radical (unpaired) electrons. The minimum absolute atomic E-state index is 0.0593. The Morgan fingerprint density at radius 1 is 0.955 bits per heavy atom. The number of benzene rings is 2. The second kappa shape index (κ2) is 6.31. The predicted octanol–water partition coefficient (Wildman–Crippen LogP) is 5.21. The van der Waals surface area contributed by atoms with Crippen molar-refractivity contribution >= 4 is 17.4 Å². The summed E-state index contributed by atoms with van der Waals surface area (Å²) in [6, 6.07) is 17.0. The first-order chi connectivity index (χ1) is 10.6. The molecule has 22 heavy (non-hydrogen) atoms. The van der Waals surface area contributed by atoms with Crippen LogP contribution >= 0.6 is 0 Å². The lowest BCUT2D eigenvalue weighted by Gasteiger charge is -2.15. The largest absolute Gasteiger partial charge is 0.299 e. The molecule has 0 amide bonds. The second-order valence-electron chi connectivity index (χ2n) is 6.29. The van der Waals surface area contributed by atoms with Gasteiger partial charge in [0.05, 0.1) is 0 Å². The lowest BCUT2D eigenvalue weighted by Crippen LogP contribution is -2.08. The Hall–Kier alpha value is -2.15. The molecule has 0 aliphatic heterocycles. The average Bonchev–Trinajstić information content (AvgIpc) is 2.94. The van der Waals surface area contributed by atoms with E-state index in [1.54, 1.807) is 0 Å². The summed E-state index contributed by atoms with van der Waals surface area (Å²) in [5, 5.41) is 0. The van der Waals surface area contributed by atoms with E-state index in [0.29, 0.717) is 5.78 Å². The van der Waals surface area contributed by atoms with Crippen LogP contribution in [-0.2, 0) is 4.79 Å². The zero-order chi connectivity index (χ0) is 15.5. The van der Waals surface area contributed by atoms with E-state index in [4.69, 9.17) is 0 Å². The van der Waals surface area contributed by atoms with Crippen LogP contribution in [0.1, 0.15) is 41.5 Å². The van der Waals surface area contributed by atoms with Gasteiger partial charge in [0.2, 0.25) is 0 Å². The van der Waals surface area contributed by atoms with Crippen LogP contribution in [0.2, 0.25) is 0 Å². The lowest BCUT2D eigenvalue weighted by atomic mass is 9.88. The standard InChI is InChI=1S/C21H22O/c1-15-6-10-17(11-7-15)14-20(19-4-3-5-21(19)22)18-12-8-16(2)9-13-18/h6-14,19H,3-5H2,1-2H3/b20-14+. The Morgan fingerprint density at radius 2 is 1.55 bits per heavy atom. The fraction of sp³-hybridized carbons (Fsp3) is 0.286. The third kappa shape index (κ3) is 3.19. The molecule has 0 spiro atoms. The third-order valence-corrected chi connectivity index (χ3v) is 4.46. The van der Waals surface area contributed by atoms with Gasteiger partial charge in [0.15, 0.2) is 0 Å². The monoisotopic (exact) mass is 290 g/mol. The Morgan fingerprint density at radius 3 is 2.09 bits per heavy atom. The highest BCUT2D eigenvalue weighted by Gasteiger charge is 2.28. The molecule has 0 bridgehead atoms. The highest BCUT2D eigenvalue weighted by atomic mass is 16.1. The number of Topliss-reactive ketones (excluding diaryl/α,β-unsaturated/α-hetero) is 1. The minimum Gasteiger partial charge on any atom is -0.299 e. The van der Waals surface area contributed by atoms with Gasteiger partial charge in [-0.15, -0.1) is 0 Å². The molecule has 1 unspecified atom stereocenters. The summed E-state index contributed by atoms with van der Waals surface area (Å²) in [5.74, 6) is 0.447. The molecule has 1 aliphatic carbocycles. The topological polar surface area (TPSA) is 17.1 Å². The van der Waals surface area contributed by atoms with Crippen LogP contribution in [0.15, 0.2) is 48.5 Å². The fourth-order valence-electron chi connectivity index (χ4n) is 3.12. The predicted molar refractivity (Wildman–Crippen MR) is 92.6 cm³/mol. The van der Waals surface area contributed by atoms with Crippen LogP contribution in [0.4, 0.5) is 0 Å². The summed E-state index contributed by atoms with van der Waals surface area (Å²) < 4.78 is 0. The summed E-state index contributed by atoms with van der Waals surface area (Å²) in [7, 11) is 0. The van der Waals surface area contributed by atoms with E-state index in [-0.39, 0.29) is 5.92 Å². The zero-order valence-electron chi connectivity index (χ0n) is 13.3. The Labute approximate surface area is 132 Å². The van der Waals surface area contributed by atoms with Crippen molar-refractivity contribution in [2.75, 3.05) is 0 Å². The molecule has 1 fully saturated rings. The number of rotatable bonds is 3. The zero-order valence-corrected chi connectivity index (χ0v) is 13.3. The van der Waals surface area contributed by atoms with E-state index in [1.807, 2.05) is 0 Å². The maximum Gasteiger partial charge on any atom is 0.140 e. The maximum atomic E-state index is 12.3. The molecule has 112 valence electrons. The Kier molecular flexibility index (Phi) is 4.24. The quantitative estimate of drug-likeness (QED) is 0.709. The molecule has 1 saturated carbocycles. The number of hydrogen-bond acceptors (Lipinski definition) is 1.